The minimum atomic E-state index is -0.526. The van der Waals surface area contributed by atoms with Crippen LogP contribution in [0.15, 0.2) is 30.6 Å². The van der Waals surface area contributed by atoms with Gasteiger partial charge >= 0.3 is 0 Å². The van der Waals surface area contributed by atoms with E-state index in [4.69, 9.17) is 0 Å². The van der Waals surface area contributed by atoms with Gasteiger partial charge < -0.3 is 19.5 Å². The third-order valence-corrected chi connectivity index (χ3v) is 5.12. The Labute approximate surface area is 156 Å². The number of hydrogen-bond donors (Lipinski definition) is 1. The second kappa shape index (κ2) is 8.64. The van der Waals surface area contributed by atoms with Gasteiger partial charge in [-0.25, -0.2) is 9.97 Å². The molecule has 3 heterocycles. The second-order valence-electron chi connectivity index (χ2n) is 7.49. The molecule has 0 amide bonds. The van der Waals surface area contributed by atoms with Gasteiger partial charge in [-0.1, -0.05) is 6.07 Å². The van der Waals surface area contributed by atoms with Crippen LogP contribution in [0.4, 0.5) is 5.82 Å². The van der Waals surface area contributed by atoms with Crippen molar-refractivity contribution >= 4 is 5.82 Å². The molecule has 0 saturated carbocycles. The summed E-state index contributed by atoms with van der Waals surface area (Å²) in [6, 6.07) is 5.90. The first-order valence-electron chi connectivity index (χ1n) is 9.60. The molecule has 1 aliphatic rings. The van der Waals surface area contributed by atoms with Crippen LogP contribution in [0.2, 0.25) is 0 Å². The topological polar surface area (TPSA) is 57.4 Å². The summed E-state index contributed by atoms with van der Waals surface area (Å²) in [5.41, 5.74) is 0.737. The first-order valence-corrected chi connectivity index (χ1v) is 9.60. The zero-order valence-corrected chi connectivity index (χ0v) is 16.2. The van der Waals surface area contributed by atoms with Crippen molar-refractivity contribution in [1.29, 1.82) is 0 Å². The normalized spacial score (nSPS) is 17.0. The summed E-state index contributed by atoms with van der Waals surface area (Å²) in [5.74, 6) is 2.71. The van der Waals surface area contributed by atoms with Crippen LogP contribution in [0.25, 0.3) is 0 Å². The minimum absolute atomic E-state index is 0.514. The van der Waals surface area contributed by atoms with Gasteiger partial charge in [0, 0.05) is 37.9 Å². The standard InChI is InChI=1S/C20H31N5O/c1-16(26)18-6-4-7-19(22-18)24-13-8-17(9-14-24)20-21-10-15-25(20)12-5-11-23(2)3/h4,6-7,10,15-17,26H,5,8-9,11-14H2,1-3H3/t16-/m0/s1. The zero-order chi connectivity index (χ0) is 18.5. The molecule has 3 rings (SSSR count). The van der Waals surface area contributed by atoms with Crippen molar-refractivity contribution in [3.63, 3.8) is 0 Å². The van der Waals surface area contributed by atoms with E-state index in [1.165, 1.54) is 5.82 Å². The molecule has 1 atom stereocenters. The predicted octanol–water partition coefficient (Wildman–Crippen LogP) is 2.67. The molecule has 1 fully saturated rings. The molecular formula is C20H31N5O. The van der Waals surface area contributed by atoms with E-state index < -0.39 is 6.10 Å². The molecule has 6 nitrogen and oxygen atoms in total. The Bertz CT molecular complexity index is 689. The lowest BCUT2D eigenvalue weighted by Crippen LogP contribution is -2.34. The summed E-state index contributed by atoms with van der Waals surface area (Å²) in [5, 5.41) is 9.75. The lowest BCUT2D eigenvalue weighted by Gasteiger charge is -2.33. The highest BCUT2D eigenvalue weighted by molar-refractivity contribution is 5.40. The quantitative estimate of drug-likeness (QED) is 0.826. The van der Waals surface area contributed by atoms with Crippen molar-refractivity contribution < 1.29 is 5.11 Å². The molecule has 1 aliphatic heterocycles. The Morgan fingerprint density at radius 3 is 2.73 bits per heavy atom. The molecule has 26 heavy (non-hydrogen) atoms. The van der Waals surface area contributed by atoms with Gasteiger partial charge in [-0.15, -0.1) is 0 Å². The van der Waals surface area contributed by atoms with Gasteiger partial charge in [-0.2, -0.15) is 0 Å². The van der Waals surface area contributed by atoms with E-state index in [1.807, 2.05) is 24.4 Å². The lowest BCUT2D eigenvalue weighted by atomic mass is 9.95. The minimum Gasteiger partial charge on any atom is -0.387 e. The highest BCUT2D eigenvalue weighted by Crippen LogP contribution is 2.29. The first kappa shape index (κ1) is 18.9. The number of hydrogen-bond acceptors (Lipinski definition) is 5. The van der Waals surface area contributed by atoms with Crippen LogP contribution in [0.3, 0.4) is 0 Å². The number of imidazole rings is 1. The summed E-state index contributed by atoms with van der Waals surface area (Å²) in [6.45, 7) is 5.85. The van der Waals surface area contributed by atoms with Crippen molar-refractivity contribution in [2.75, 3.05) is 38.6 Å². The average molecular weight is 358 g/mol. The Hall–Kier alpha value is -1.92. The molecule has 2 aromatic rings. The summed E-state index contributed by atoms with van der Waals surface area (Å²) < 4.78 is 2.33. The maximum absolute atomic E-state index is 9.75. The van der Waals surface area contributed by atoms with E-state index in [2.05, 4.69) is 44.6 Å². The summed E-state index contributed by atoms with van der Waals surface area (Å²) in [7, 11) is 4.23. The lowest BCUT2D eigenvalue weighted by molar-refractivity contribution is 0.194. The van der Waals surface area contributed by atoms with E-state index in [0.29, 0.717) is 5.92 Å². The molecule has 0 unspecified atom stereocenters. The average Bonchev–Trinajstić information content (AvgIpc) is 3.10. The van der Waals surface area contributed by atoms with Crippen LogP contribution in [0.1, 0.15) is 49.7 Å². The third kappa shape index (κ3) is 4.62. The maximum Gasteiger partial charge on any atom is 0.128 e. The van der Waals surface area contributed by atoms with Crippen LogP contribution in [0, 0.1) is 0 Å². The number of aliphatic hydroxyl groups is 1. The fourth-order valence-corrected chi connectivity index (χ4v) is 3.64. The zero-order valence-electron chi connectivity index (χ0n) is 16.2. The fraction of sp³-hybridized carbons (Fsp3) is 0.600. The molecule has 6 heteroatoms. The highest BCUT2D eigenvalue weighted by Gasteiger charge is 2.24. The van der Waals surface area contributed by atoms with Gasteiger partial charge in [0.2, 0.25) is 0 Å². The third-order valence-electron chi connectivity index (χ3n) is 5.12. The number of piperidine rings is 1. The van der Waals surface area contributed by atoms with Gasteiger partial charge in [-0.3, -0.25) is 0 Å². The summed E-state index contributed by atoms with van der Waals surface area (Å²) in [6.07, 6.45) is 6.85. The van der Waals surface area contributed by atoms with E-state index in [0.717, 1.165) is 57.0 Å². The Kier molecular flexibility index (Phi) is 6.27. The van der Waals surface area contributed by atoms with Crippen LogP contribution in [-0.4, -0.2) is 58.3 Å². The van der Waals surface area contributed by atoms with E-state index in [-0.39, 0.29) is 0 Å². The van der Waals surface area contributed by atoms with Crippen molar-refractivity contribution in [2.45, 2.75) is 44.8 Å². The van der Waals surface area contributed by atoms with E-state index >= 15 is 0 Å². The number of aryl methyl sites for hydroxylation is 1. The summed E-state index contributed by atoms with van der Waals surface area (Å²) >= 11 is 0. The molecule has 1 N–H and O–H groups in total. The van der Waals surface area contributed by atoms with E-state index in [1.54, 1.807) is 6.92 Å². The smallest absolute Gasteiger partial charge is 0.128 e. The Morgan fingerprint density at radius 2 is 2.04 bits per heavy atom. The number of aliphatic hydroxyl groups excluding tert-OH is 1. The molecular weight excluding hydrogens is 326 g/mol. The molecule has 1 saturated heterocycles. The summed E-state index contributed by atoms with van der Waals surface area (Å²) in [4.78, 5) is 13.8. The number of aromatic nitrogens is 3. The molecule has 0 radical (unpaired) electrons. The van der Waals surface area contributed by atoms with Crippen molar-refractivity contribution in [2.24, 2.45) is 0 Å². The van der Waals surface area contributed by atoms with Crippen molar-refractivity contribution in [1.82, 2.24) is 19.4 Å². The first-order chi connectivity index (χ1) is 12.5. The Morgan fingerprint density at radius 1 is 1.27 bits per heavy atom. The second-order valence-corrected chi connectivity index (χ2v) is 7.49. The van der Waals surface area contributed by atoms with Gasteiger partial charge in [0.25, 0.3) is 0 Å². The predicted molar refractivity (Wildman–Crippen MR) is 104 cm³/mol. The van der Waals surface area contributed by atoms with Gasteiger partial charge in [0.1, 0.15) is 11.6 Å². The molecule has 0 aliphatic carbocycles. The molecule has 0 bridgehead atoms. The van der Waals surface area contributed by atoms with Crippen LogP contribution >= 0.6 is 0 Å². The van der Waals surface area contributed by atoms with Crippen LogP contribution < -0.4 is 4.90 Å². The van der Waals surface area contributed by atoms with Gasteiger partial charge in [-0.05, 0) is 59.0 Å². The molecule has 142 valence electrons. The fourth-order valence-electron chi connectivity index (χ4n) is 3.64. The van der Waals surface area contributed by atoms with Gasteiger partial charge in [0.05, 0.1) is 11.8 Å². The van der Waals surface area contributed by atoms with Crippen LogP contribution in [-0.2, 0) is 6.54 Å². The number of anilines is 1. The SMILES string of the molecule is C[C@H](O)c1cccc(N2CCC(c3nccn3CCCN(C)C)CC2)n1. The van der Waals surface area contributed by atoms with Crippen molar-refractivity contribution in [3.05, 3.63) is 42.1 Å². The monoisotopic (exact) mass is 357 g/mol. The molecule has 2 aromatic heterocycles. The number of nitrogens with zero attached hydrogens (tertiary/aromatic N) is 5. The number of rotatable bonds is 7. The molecule has 0 aromatic carbocycles. The Balaban J connectivity index is 1.59. The number of pyridine rings is 1. The van der Waals surface area contributed by atoms with E-state index in [9.17, 15) is 5.11 Å². The maximum atomic E-state index is 9.75. The highest BCUT2D eigenvalue weighted by atomic mass is 16.3. The molecule has 0 spiro atoms. The van der Waals surface area contributed by atoms with Gasteiger partial charge in [0.15, 0.2) is 0 Å². The van der Waals surface area contributed by atoms with Crippen molar-refractivity contribution in [3.8, 4) is 0 Å². The largest absolute Gasteiger partial charge is 0.387 e. The van der Waals surface area contributed by atoms with Crippen LogP contribution in [0.5, 0.6) is 0 Å².